The highest BCUT2D eigenvalue weighted by atomic mass is 35.5. The van der Waals surface area contributed by atoms with Crippen molar-refractivity contribution < 1.29 is 14.0 Å². The zero-order chi connectivity index (χ0) is 21.0. The summed E-state index contributed by atoms with van der Waals surface area (Å²) in [5.41, 5.74) is 0.262. The molecule has 1 aromatic heterocycles. The number of benzene rings is 1. The SMILES string of the molecule is C[C@@H](C(=O)Nc1cnc(Cl)c(F)c1)C12CC(NC(=O)c3ccc(Cl)c(Cl)c3)(C1)C2. The van der Waals surface area contributed by atoms with Gasteiger partial charge in [0.1, 0.15) is 0 Å². The molecule has 152 valence electrons. The third-order valence-corrected chi connectivity index (χ3v) is 7.02. The zero-order valence-electron chi connectivity index (χ0n) is 15.4. The van der Waals surface area contributed by atoms with Crippen LogP contribution in [0.4, 0.5) is 10.1 Å². The number of pyridine rings is 1. The molecule has 0 saturated heterocycles. The second kappa shape index (κ2) is 7.11. The number of hydrogen-bond donors (Lipinski definition) is 2. The van der Waals surface area contributed by atoms with Crippen molar-refractivity contribution in [3.8, 4) is 0 Å². The van der Waals surface area contributed by atoms with Crippen LogP contribution in [0.1, 0.15) is 36.5 Å². The van der Waals surface area contributed by atoms with Crippen LogP contribution in [0.5, 0.6) is 0 Å². The summed E-state index contributed by atoms with van der Waals surface area (Å²) in [5.74, 6) is -1.40. The first kappa shape index (κ1) is 20.4. The van der Waals surface area contributed by atoms with Crippen molar-refractivity contribution in [3.05, 3.63) is 57.0 Å². The van der Waals surface area contributed by atoms with Crippen LogP contribution in [-0.4, -0.2) is 22.3 Å². The molecule has 29 heavy (non-hydrogen) atoms. The lowest BCUT2D eigenvalue weighted by atomic mass is 9.36. The predicted octanol–water partition coefficient (Wildman–Crippen LogP) is 5.11. The van der Waals surface area contributed by atoms with Crippen molar-refractivity contribution in [1.29, 1.82) is 0 Å². The van der Waals surface area contributed by atoms with Crippen molar-refractivity contribution >= 4 is 52.3 Å². The van der Waals surface area contributed by atoms with Gasteiger partial charge in [-0.15, -0.1) is 0 Å². The van der Waals surface area contributed by atoms with Gasteiger partial charge in [-0.3, -0.25) is 9.59 Å². The first-order valence-electron chi connectivity index (χ1n) is 9.03. The third kappa shape index (κ3) is 3.58. The molecule has 0 radical (unpaired) electrons. The summed E-state index contributed by atoms with van der Waals surface area (Å²) < 4.78 is 13.5. The van der Waals surface area contributed by atoms with E-state index in [0.717, 1.165) is 25.3 Å². The van der Waals surface area contributed by atoms with Crippen molar-refractivity contribution in [2.75, 3.05) is 5.32 Å². The number of hydrogen-bond acceptors (Lipinski definition) is 3. The van der Waals surface area contributed by atoms with E-state index >= 15 is 0 Å². The van der Waals surface area contributed by atoms with E-state index < -0.39 is 5.82 Å². The molecular weight excluding hydrogens is 440 g/mol. The smallest absolute Gasteiger partial charge is 0.251 e. The van der Waals surface area contributed by atoms with Crippen LogP contribution in [0.15, 0.2) is 30.5 Å². The van der Waals surface area contributed by atoms with Gasteiger partial charge in [-0.05, 0) is 42.9 Å². The first-order chi connectivity index (χ1) is 13.6. The number of anilines is 1. The zero-order valence-corrected chi connectivity index (χ0v) is 17.6. The fourth-order valence-electron chi connectivity index (χ4n) is 4.43. The molecule has 3 aliphatic rings. The van der Waals surface area contributed by atoms with Gasteiger partial charge in [0, 0.05) is 23.1 Å². The molecule has 3 fully saturated rings. The van der Waals surface area contributed by atoms with Crippen molar-refractivity contribution in [2.45, 2.75) is 31.7 Å². The molecule has 2 bridgehead atoms. The number of nitrogens with zero attached hydrogens (tertiary/aromatic N) is 1. The topological polar surface area (TPSA) is 71.1 Å². The highest BCUT2D eigenvalue weighted by Crippen LogP contribution is 2.70. The van der Waals surface area contributed by atoms with Crippen molar-refractivity contribution in [1.82, 2.24) is 10.3 Å². The normalized spacial score (nSPS) is 25.4. The predicted molar refractivity (Wildman–Crippen MR) is 110 cm³/mol. The maximum Gasteiger partial charge on any atom is 0.251 e. The second-order valence-electron chi connectivity index (χ2n) is 7.96. The third-order valence-electron chi connectivity index (χ3n) is 6.01. The van der Waals surface area contributed by atoms with Crippen LogP contribution in [-0.2, 0) is 4.79 Å². The molecule has 0 unspecified atom stereocenters. The fourth-order valence-corrected chi connectivity index (χ4v) is 4.83. The second-order valence-corrected chi connectivity index (χ2v) is 9.14. The van der Waals surface area contributed by atoms with Crippen LogP contribution in [0.3, 0.4) is 0 Å². The minimum Gasteiger partial charge on any atom is -0.347 e. The van der Waals surface area contributed by atoms with E-state index in [1.165, 1.54) is 12.3 Å². The molecule has 3 aliphatic carbocycles. The quantitative estimate of drug-likeness (QED) is 0.614. The van der Waals surface area contributed by atoms with Crippen LogP contribution in [0.25, 0.3) is 0 Å². The van der Waals surface area contributed by atoms with Gasteiger partial charge in [0.2, 0.25) is 5.91 Å². The summed E-state index contributed by atoms with van der Waals surface area (Å²) in [6.45, 7) is 1.85. The van der Waals surface area contributed by atoms with Gasteiger partial charge in [0.15, 0.2) is 11.0 Å². The van der Waals surface area contributed by atoms with E-state index in [4.69, 9.17) is 34.8 Å². The van der Waals surface area contributed by atoms with Crippen molar-refractivity contribution in [3.63, 3.8) is 0 Å². The minimum atomic E-state index is -0.688. The number of carbonyl (C=O) groups is 2. The molecule has 2 N–H and O–H groups in total. The van der Waals surface area contributed by atoms with Crippen LogP contribution in [0, 0.1) is 17.2 Å². The number of carbonyl (C=O) groups excluding carboxylic acids is 2. The average Bonchev–Trinajstić information content (AvgIpc) is 2.61. The Morgan fingerprint density at radius 2 is 1.83 bits per heavy atom. The lowest BCUT2D eigenvalue weighted by Crippen LogP contribution is -2.77. The Bertz CT molecular complexity index is 1010. The van der Waals surface area contributed by atoms with Crippen LogP contribution in [0.2, 0.25) is 15.2 Å². The molecule has 5 rings (SSSR count). The minimum absolute atomic E-state index is 0.159. The van der Waals surface area contributed by atoms with E-state index in [1.807, 2.05) is 6.92 Å². The monoisotopic (exact) mass is 455 g/mol. The van der Waals surface area contributed by atoms with E-state index in [-0.39, 0.29) is 39.5 Å². The fraction of sp³-hybridized carbons (Fsp3) is 0.350. The maximum atomic E-state index is 13.5. The Kier molecular flexibility index (Phi) is 5.00. The number of rotatable bonds is 5. The summed E-state index contributed by atoms with van der Waals surface area (Å²) >= 11 is 17.4. The summed E-state index contributed by atoms with van der Waals surface area (Å²) in [4.78, 5) is 28.8. The lowest BCUT2D eigenvalue weighted by molar-refractivity contribution is -0.184. The average molecular weight is 457 g/mol. The Balaban J connectivity index is 1.35. The standard InChI is InChI=1S/C20H17Cl3FN3O2/c1-10(17(28)26-12-5-15(24)16(23)25-6-12)19-7-20(8-19,9-19)27-18(29)11-2-3-13(21)14(22)4-11/h2-6,10H,7-9H2,1H3,(H,26,28)(H,27,29)/t10-,19?,20?/m0/s1. The van der Waals surface area contributed by atoms with E-state index in [1.54, 1.807) is 12.1 Å². The van der Waals surface area contributed by atoms with Gasteiger partial charge >= 0.3 is 0 Å². The van der Waals surface area contributed by atoms with E-state index in [0.29, 0.717) is 15.6 Å². The number of nitrogens with one attached hydrogen (secondary N) is 2. The molecule has 1 heterocycles. The highest BCUT2D eigenvalue weighted by molar-refractivity contribution is 6.42. The Morgan fingerprint density at radius 1 is 1.14 bits per heavy atom. The molecule has 1 atom stereocenters. The van der Waals surface area contributed by atoms with Gasteiger partial charge in [-0.25, -0.2) is 9.37 Å². The Labute approximate surface area is 181 Å². The maximum absolute atomic E-state index is 13.5. The Hall–Kier alpha value is -1.89. The summed E-state index contributed by atoms with van der Waals surface area (Å²) in [7, 11) is 0. The summed E-state index contributed by atoms with van der Waals surface area (Å²) in [6, 6.07) is 5.89. The summed E-state index contributed by atoms with van der Waals surface area (Å²) in [5, 5.41) is 6.22. The molecule has 0 spiro atoms. The van der Waals surface area contributed by atoms with Gasteiger partial charge in [0.05, 0.1) is 21.9 Å². The van der Waals surface area contributed by atoms with Crippen LogP contribution < -0.4 is 10.6 Å². The molecule has 9 heteroatoms. The van der Waals surface area contributed by atoms with E-state index in [2.05, 4.69) is 15.6 Å². The van der Waals surface area contributed by atoms with E-state index in [9.17, 15) is 14.0 Å². The highest BCUT2D eigenvalue weighted by Gasteiger charge is 2.71. The molecule has 1 aromatic carbocycles. The molecule has 2 aromatic rings. The number of aromatic nitrogens is 1. The van der Waals surface area contributed by atoms with Crippen LogP contribution >= 0.6 is 34.8 Å². The van der Waals surface area contributed by atoms with Gasteiger partial charge in [0.25, 0.3) is 5.91 Å². The lowest BCUT2D eigenvalue weighted by Gasteiger charge is -2.72. The van der Waals surface area contributed by atoms with Crippen molar-refractivity contribution in [2.24, 2.45) is 11.3 Å². The molecule has 5 nitrogen and oxygen atoms in total. The molecule has 2 amide bonds. The Morgan fingerprint density at radius 3 is 2.45 bits per heavy atom. The molecule has 3 saturated carbocycles. The van der Waals surface area contributed by atoms with Gasteiger partial charge in [-0.2, -0.15) is 0 Å². The molecular formula is C20H17Cl3FN3O2. The van der Waals surface area contributed by atoms with Gasteiger partial charge in [-0.1, -0.05) is 41.7 Å². The van der Waals surface area contributed by atoms with Gasteiger partial charge < -0.3 is 10.6 Å². The summed E-state index contributed by atoms with van der Waals surface area (Å²) in [6.07, 6.45) is 3.47. The number of amides is 2. The number of halogens is 4. The largest absolute Gasteiger partial charge is 0.347 e. The first-order valence-corrected chi connectivity index (χ1v) is 10.2. The molecule has 0 aliphatic heterocycles.